The fourth-order valence-corrected chi connectivity index (χ4v) is 2.01. The molecule has 4 heteroatoms. The van der Waals surface area contributed by atoms with Crippen LogP contribution in [0.15, 0.2) is 18.2 Å². The molecule has 0 spiro atoms. The van der Waals surface area contributed by atoms with Crippen molar-refractivity contribution in [2.75, 3.05) is 6.54 Å². The van der Waals surface area contributed by atoms with Gasteiger partial charge in [-0.1, -0.05) is 19.9 Å². The molecular formula is C14H21N3O. The van der Waals surface area contributed by atoms with Crippen molar-refractivity contribution in [1.29, 1.82) is 0 Å². The van der Waals surface area contributed by atoms with Crippen molar-refractivity contribution >= 4 is 11.0 Å². The molecule has 1 atom stereocenters. The number of aliphatic hydroxyl groups is 1. The highest BCUT2D eigenvalue weighted by atomic mass is 16.3. The van der Waals surface area contributed by atoms with E-state index in [0.717, 1.165) is 22.4 Å². The van der Waals surface area contributed by atoms with Crippen molar-refractivity contribution < 1.29 is 5.11 Å². The molecule has 1 aromatic carbocycles. The predicted octanol–water partition coefficient (Wildman–Crippen LogP) is 1.91. The summed E-state index contributed by atoms with van der Waals surface area (Å²) in [4.78, 5) is 4.48. The van der Waals surface area contributed by atoms with Gasteiger partial charge < -0.3 is 15.0 Å². The monoisotopic (exact) mass is 247 g/mol. The van der Waals surface area contributed by atoms with E-state index in [0.29, 0.717) is 12.6 Å². The number of rotatable bonds is 4. The van der Waals surface area contributed by atoms with Gasteiger partial charge in [0.1, 0.15) is 5.82 Å². The predicted molar refractivity (Wildman–Crippen MR) is 73.5 cm³/mol. The number of fused-ring (bicyclic) bond motifs is 1. The number of nitrogens with one attached hydrogen (secondary N) is 1. The first kappa shape index (κ1) is 13.1. The molecule has 1 aromatic heterocycles. The van der Waals surface area contributed by atoms with Crippen LogP contribution >= 0.6 is 0 Å². The molecule has 1 heterocycles. The Morgan fingerprint density at radius 3 is 2.78 bits per heavy atom. The number of nitrogens with zero attached hydrogens (tertiary/aromatic N) is 2. The van der Waals surface area contributed by atoms with Crippen molar-refractivity contribution in [2.24, 2.45) is 7.05 Å². The molecule has 4 nitrogen and oxygen atoms in total. The van der Waals surface area contributed by atoms with Gasteiger partial charge in [-0.3, -0.25) is 0 Å². The SMILES string of the molecule is Cc1nc2cc(C(O)CNC(C)C)ccc2n1C. The second-order valence-electron chi connectivity index (χ2n) is 5.04. The van der Waals surface area contributed by atoms with Crippen LogP contribution in [0.25, 0.3) is 11.0 Å². The van der Waals surface area contributed by atoms with Crippen LogP contribution in [0.2, 0.25) is 0 Å². The van der Waals surface area contributed by atoms with Crippen LogP contribution in [0.4, 0.5) is 0 Å². The zero-order valence-electron chi connectivity index (χ0n) is 11.4. The number of imidazole rings is 1. The van der Waals surface area contributed by atoms with Gasteiger partial charge in [0.25, 0.3) is 0 Å². The Hall–Kier alpha value is -1.39. The Morgan fingerprint density at radius 1 is 1.39 bits per heavy atom. The Balaban J connectivity index is 2.24. The minimum Gasteiger partial charge on any atom is -0.387 e. The fourth-order valence-electron chi connectivity index (χ4n) is 2.01. The van der Waals surface area contributed by atoms with E-state index in [4.69, 9.17) is 0 Å². The van der Waals surface area contributed by atoms with Gasteiger partial charge in [0, 0.05) is 19.6 Å². The van der Waals surface area contributed by atoms with Crippen molar-refractivity contribution in [1.82, 2.24) is 14.9 Å². The first-order chi connectivity index (χ1) is 8.49. The Kier molecular flexibility index (Phi) is 3.68. The second-order valence-corrected chi connectivity index (χ2v) is 5.04. The van der Waals surface area contributed by atoms with Crippen LogP contribution in [0.1, 0.15) is 31.3 Å². The Morgan fingerprint density at radius 2 is 2.11 bits per heavy atom. The Bertz CT molecular complexity index is 545. The lowest BCUT2D eigenvalue weighted by Gasteiger charge is -2.14. The van der Waals surface area contributed by atoms with Crippen molar-refractivity contribution in [3.8, 4) is 0 Å². The maximum absolute atomic E-state index is 10.1. The fraction of sp³-hybridized carbons (Fsp3) is 0.500. The Labute approximate surface area is 108 Å². The topological polar surface area (TPSA) is 50.1 Å². The van der Waals surface area contributed by atoms with Gasteiger partial charge >= 0.3 is 0 Å². The zero-order chi connectivity index (χ0) is 13.3. The van der Waals surface area contributed by atoms with E-state index in [-0.39, 0.29) is 0 Å². The maximum atomic E-state index is 10.1. The van der Waals surface area contributed by atoms with Gasteiger partial charge in [-0.05, 0) is 24.6 Å². The largest absolute Gasteiger partial charge is 0.387 e. The third-order valence-corrected chi connectivity index (χ3v) is 3.23. The number of aromatic nitrogens is 2. The van der Waals surface area contributed by atoms with Crippen LogP contribution < -0.4 is 5.32 Å². The van der Waals surface area contributed by atoms with E-state index in [1.54, 1.807) is 0 Å². The summed E-state index contributed by atoms with van der Waals surface area (Å²) in [5.74, 6) is 0.983. The molecule has 0 saturated carbocycles. The minimum atomic E-state index is -0.487. The smallest absolute Gasteiger partial charge is 0.106 e. The average molecular weight is 247 g/mol. The van der Waals surface area contributed by atoms with Crippen LogP contribution in [0.3, 0.4) is 0 Å². The number of aliphatic hydroxyl groups excluding tert-OH is 1. The molecule has 0 saturated heterocycles. The van der Waals surface area contributed by atoms with Gasteiger partial charge in [-0.2, -0.15) is 0 Å². The van der Waals surface area contributed by atoms with Gasteiger partial charge in [0.05, 0.1) is 17.1 Å². The highest BCUT2D eigenvalue weighted by Crippen LogP contribution is 2.20. The number of hydrogen-bond donors (Lipinski definition) is 2. The lowest BCUT2D eigenvalue weighted by Crippen LogP contribution is -2.27. The van der Waals surface area contributed by atoms with E-state index in [9.17, 15) is 5.11 Å². The molecule has 0 aliphatic rings. The highest BCUT2D eigenvalue weighted by Gasteiger charge is 2.11. The standard InChI is InChI=1S/C14H21N3O/c1-9(2)15-8-14(18)11-5-6-13-12(7-11)16-10(3)17(13)4/h5-7,9,14-15,18H,8H2,1-4H3. The number of benzene rings is 1. The molecule has 0 aliphatic heterocycles. The van der Waals surface area contributed by atoms with Crippen molar-refractivity contribution in [2.45, 2.75) is 32.9 Å². The molecule has 2 aromatic rings. The first-order valence-electron chi connectivity index (χ1n) is 6.33. The molecule has 98 valence electrons. The lowest BCUT2D eigenvalue weighted by molar-refractivity contribution is 0.172. The average Bonchev–Trinajstić information content (AvgIpc) is 2.61. The first-order valence-corrected chi connectivity index (χ1v) is 6.33. The van der Waals surface area contributed by atoms with Crippen molar-refractivity contribution in [3.63, 3.8) is 0 Å². The van der Waals surface area contributed by atoms with Crippen LogP contribution in [0.5, 0.6) is 0 Å². The molecule has 0 aliphatic carbocycles. The summed E-state index contributed by atoms with van der Waals surface area (Å²) in [6, 6.07) is 6.33. The summed E-state index contributed by atoms with van der Waals surface area (Å²) in [5, 5.41) is 13.3. The molecular weight excluding hydrogens is 226 g/mol. The summed E-state index contributed by atoms with van der Waals surface area (Å²) >= 11 is 0. The third kappa shape index (κ3) is 2.54. The summed E-state index contributed by atoms with van der Waals surface area (Å²) < 4.78 is 2.05. The molecule has 0 bridgehead atoms. The molecule has 0 amide bonds. The normalized spacial score (nSPS) is 13.4. The van der Waals surface area contributed by atoms with E-state index in [1.165, 1.54) is 0 Å². The molecule has 0 radical (unpaired) electrons. The maximum Gasteiger partial charge on any atom is 0.106 e. The highest BCUT2D eigenvalue weighted by molar-refractivity contribution is 5.76. The van der Waals surface area contributed by atoms with E-state index < -0.39 is 6.10 Å². The van der Waals surface area contributed by atoms with E-state index in [2.05, 4.69) is 28.7 Å². The quantitative estimate of drug-likeness (QED) is 0.867. The van der Waals surface area contributed by atoms with Crippen LogP contribution in [0, 0.1) is 6.92 Å². The molecule has 0 fully saturated rings. The number of aryl methyl sites for hydroxylation is 2. The van der Waals surface area contributed by atoms with Gasteiger partial charge in [-0.25, -0.2) is 4.98 Å². The third-order valence-electron chi connectivity index (χ3n) is 3.23. The van der Waals surface area contributed by atoms with Crippen LogP contribution in [-0.2, 0) is 7.05 Å². The van der Waals surface area contributed by atoms with Crippen LogP contribution in [-0.4, -0.2) is 27.2 Å². The molecule has 18 heavy (non-hydrogen) atoms. The summed E-state index contributed by atoms with van der Waals surface area (Å²) in [5.41, 5.74) is 2.95. The molecule has 2 N–H and O–H groups in total. The molecule has 2 rings (SSSR count). The minimum absolute atomic E-state index is 0.375. The lowest BCUT2D eigenvalue weighted by atomic mass is 10.1. The zero-order valence-corrected chi connectivity index (χ0v) is 11.4. The van der Waals surface area contributed by atoms with Gasteiger partial charge in [0.15, 0.2) is 0 Å². The van der Waals surface area contributed by atoms with E-state index in [1.807, 2.05) is 32.2 Å². The summed E-state index contributed by atoms with van der Waals surface area (Å²) in [7, 11) is 2.00. The summed E-state index contributed by atoms with van der Waals surface area (Å²) in [6.45, 7) is 6.68. The van der Waals surface area contributed by atoms with Gasteiger partial charge in [0.2, 0.25) is 0 Å². The number of hydrogen-bond acceptors (Lipinski definition) is 3. The summed E-state index contributed by atoms with van der Waals surface area (Å²) in [6.07, 6.45) is -0.487. The van der Waals surface area contributed by atoms with Crippen molar-refractivity contribution in [3.05, 3.63) is 29.6 Å². The van der Waals surface area contributed by atoms with Gasteiger partial charge in [-0.15, -0.1) is 0 Å². The van der Waals surface area contributed by atoms with E-state index >= 15 is 0 Å². The second kappa shape index (κ2) is 5.08. The molecule has 1 unspecified atom stereocenters.